The molecule has 3 N–H and O–H groups in total. The number of fused-ring (bicyclic) bond motifs is 1. The zero-order chi connectivity index (χ0) is 22.6. The van der Waals surface area contributed by atoms with Gasteiger partial charge >= 0.3 is 0 Å². The lowest BCUT2D eigenvalue weighted by molar-refractivity contribution is -0.118. The molecular weight excluding hydrogens is 414 g/mol. The maximum absolute atomic E-state index is 13.0. The molecule has 0 aliphatic heterocycles. The Hall–Kier alpha value is -3.23. The van der Waals surface area contributed by atoms with Crippen LogP contribution in [0.1, 0.15) is 24.2 Å². The molecule has 3 rings (SSSR count). The molecule has 0 spiro atoms. The van der Waals surface area contributed by atoms with Crippen molar-refractivity contribution < 1.29 is 18.0 Å². The first-order valence-electron chi connectivity index (χ1n) is 9.85. The Balaban J connectivity index is 1.82. The SMILES string of the molecule is CNC(=O)c1cccc(NC(=O)[C@H](NS(=O)(=O)c2ccc3ccccc3c2)C(C)C)c1. The Morgan fingerprint density at radius 2 is 1.58 bits per heavy atom. The van der Waals surface area contributed by atoms with E-state index in [0.29, 0.717) is 11.3 Å². The van der Waals surface area contributed by atoms with E-state index in [-0.39, 0.29) is 16.7 Å². The molecule has 3 aromatic carbocycles. The average Bonchev–Trinajstić information content (AvgIpc) is 2.76. The van der Waals surface area contributed by atoms with Gasteiger partial charge in [-0.25, -0.2) is 8.42 Å². The number of benzene rings is 3. The second kappa shape index (κ2) is 9.28. The summed E-state index contributed by atoms with van der Waals surface area (Å²) in [5.41, 5.74) is 0.791. The van der Waals surface area contributed by atoms with Gasteiger partial charge in [0, 0.05) is 18.3 Å². The summed E-state index contributed by atoms with van der Waals surface area (Å²) in [5, 5.41) is 6.94. The van der Waals surface area contributed by atoms with Gasteiger partial charge in [-0.3, -0.25) is 9.59 Å². The van der Waals surface area contributed by atoms with Gasteiger partial charge in [-0.05, 0) is 47.0 Å². The number of carbonyl (C=O) groups is 2. The summed E-state index contributed by atoms with van der Waals surface area (Å²) in [4.78, 5) is 24.8. The van der Waals surface area contributed by atoms with Crippen LogP contribution in [0.4, 0.5) is 5.69 Å². The molecule has 1 atom stereocenters. The number of hydrogen-bond donors (Lipinski definition) is 3. The fourth-order valence-corrected chi connectivity index (χ4v) is 4.54. The van der Waals surface area contributed by atoms with E-state index in [1.54, 1.807) is 44.2 Å². The number of anilines is 1. The van der Waals surface area contributed by atoms with E-state index < -0.39 is 22.0 Å². The number of carbonyl (C=O) groups excluding carboxylic acids is 2. The van der Waals surface area contributed by atoms with Crippen LogP contribution in [0, 0.1) is 5.92 Å². The smallest absolute Gasteiger partial charge is 0.251 e. The van der Waals surface area contributed by atoms with Gasteiger partial charge in [0.2, 0.25) is 15.9 Å². The molecule has 0 aromatic heterocycles. The summed E-state index contributed by atoms with van der Waals surface area (Å²) >= 11 is 0. The molecule has 0 saturated carbocycles. The maximum atomic E-state index is 13.0. The topological polar surface area (TPSA) is 104 Å². The minimum atomic E-state index is -3.93. The Labute approximate surface area is 181 Å². The molecule has 0 bridgehead atoms. The summed E-state index contributed by atoms with van der Waals surface area (Å²) in [6.07, 6.45) is 0. The average molecular weight is 440 g/mol. The molecule has 0 heterocycles. The molecule has 0 fully saturated rings. The van der Waals surface area contributed by atoms with E-state index in [4.69, 9.17) is 0 Å². The number of amides is 2. The second-order valence-electron chi connectivity index (χ2n) is 7.50. The Bertz CT molecular complexity index is 1220. The van der Waals surface area contributed by atoms with E-state index in [0.717, 1.165) is 10.8 Å². The second-order valence-corrected chi connectivity index (χ2v) is 9.22. The lowest BCUT2D eigenvalue weighted by Crippen LogP contribution is -2.47. The molecular formula is C23H25N3O4S. The molecule has 0 saturated heterocycles. The minimum absolute atomic E-state index is 0.0891. The highest BCUT2D eigenvalue weighted by molar-refractivity contribution is 7.89. The predicted octanol–water partition coefficient (Wildman–Crippen LogP) is 3.14. The number of sulfonamides is 1. The molecule has 0 aliphatic carbocycles. The van der Waals surface area contributed by atoms with Gasteiger partial charge in [-0.1, -0.05) is 50.2 Å². The molecule has 2 amide bonds. The molecule has 0 aliphatic rings. The highest BCUT2D eigenvalue weighted by Crippen LogP contribution is 2.20. The molecule has 3 aromatic rings. The van der Waals surface area contributed by atoms with Crippen LogP contribution in [0.3, 0.4) is 0 Å². The third-order valence-electron chi connectivity index (χ3n) is 4.88. The van der Waals surface area contributed by atoms with Crippen molar-refractivity contribution in [2.45, 2.75) is 24.8 Å². The lowest BCUT2D eigenvalue weighted by Gasteiger charge is -2.22. The first-order valence-corrected chi connectivity index (χ1v) is 11.3. The lowest BCUT2D eigenvalue weighted by atomic mass is 10.0. The molecule has 8 heteroatoms. The van der Waals surface area contributed by atoms with Crippen LogP contribution in [-0.4, -0.2) is 33.3 Å². The van der Waals surface area contributed by atoms with Crippen molar-refractivity contribution in [3.05, 3.63) is 72.3 Å². The van der Waals surface area contributed by atoms with Crippen LogP contribution in [-0.2, 0) is 14.8 Å². The van der Waals surface area contributed by atoms with Crippen molar-refractivity contribution in [2.24, 2.45) is 5.92 Å². The van der Waals surface area contributed by atoms with Crippen molar-refractivity contribution >= 4 is 38.3 Å². The highest BCUT2D eigenvalue weighted by Gasteiger charge is 2.28. The maximum Gasteiger partial charge on any atom is 0.251 e. The third kappa shape index (κ3) is 5.28. The Kier molecular flexibility index (Phi) is 6.72. The summed E-state index contributed by atoms with van der Waals surface area (Å²) in [6.45, 7) is 3.52. The van der Waals surface area contributed by atoms with Crippen molar-refractivity contribution in [2.75, 3.05) is 12.4 Å². The number of hydrogen-bond acceptors (Lipinski definition) is 4. The van der Waals surface area contributed by atoms with Gasteiger partial charge in [0.15, 0.2) is 0 Å². The van der Waals surface area contributed by atoms with Crippen LogP contribution in [0.15, 0.2) is 71.6 Å². The van der Waals surface area contributed by atoms with Gasteiger partial charge in [0.25, 0.3) is 5.91 Å². The fraction of sp³-hybridized carbons (Fsp3) is 0.217. The summed E-state index contributed by atoms with van der Waals surface area (Å²) < 4.78 is 28.5. The monoisotopic (exact) mass is 439 g/mol. The first-order chi connectivity index (χ1) is 14.7. The summed E-state index contributed by atoms with van der Waals surface area (Å²) in [6, 6.07) is 17.7. The minimum Gasteiger partial charge on any atom is -0.355 e. The van der Waals surface area contributed by atoms with E-state index in [1.165, 1.54) is 19.2 Å². The largest absolute Gasteiger partial charge is 0.355 e. The summed E-state index contributed by atoms with van der Waals surface area (Å²) in [7, 11) is -2.42. The van der Waals surface area contributed by atoms with Crippen molar-refractivity contribution in [1.82, 2.24) is 10.0 Å². The quantitative estimate of drug-likeness (QED) is 0.526. The number of rotatable bonds is 7. The summed E-state index contributed by atoms with van der Waals surface area (Å²) in [5.74, 6) is -1.10. The van der Waals surface area contributed by atoms with Crippen LogP contribution in [0.25, 0.3) is 10.8 Å². The van der Waals surface area contributed by atoms with Gasteiger partial charge in [-0.2, -0.15) is 4.72 Å². The Morgan fingerprint density at radius 3 is 2.26 bits per heavy atom. The van der Waals surface area contributed by atoms with Crippen LogP contribution < -0.4 is 15.4 Å². The van der Waals surface area contributed by atoms with Crippen molar-refractivity contribution in [1.29, 1.82) is 0 Å². The molecule has 7 nitrogen and oxygen atoms in total. The first kappa shape index (κ1) is 22.5. The molecule has 0 unspecified atom stereocenters. The van der Waals surface area contributed by atoms with E-state index in [9.17, 15) is 18.0 Å². The van der Waals surface area contributed by atoms with E-state index >= 15 is 0 Å². The third-order valence-corrected chi connectivity index (χ3v) is 6.32. The van der Waals surface area contributed by atoms with E-state index in [1.807, 2.05) is 24.3 Å². The zero-order valence-electron chi connectivity index (χ0n) is 17.5. The molecule has 0 radical (unpaired) electrons. The van der Waals surface area contributed by atoms with Crippen LogP contribution in [0.2, 0.25) is 0 Å². The molecule has 31 heavy (non-hydrogen) atoms. The van der Waals surface area contributed by atoms with Gasteiger partial charge < -0.3 is 10.6 Å². The fourth-order valence-electron chi connectivity index (χ4n) is 3.16. The predicted molar refractivity (Wildman–Crippen MR) is 121 cm³/mol. The van der Waals surface area contributed by atoms with Crippen LogP contribution in [0.5, 0.6) is 0 Å². The Morgan fingerprint density at radius 1 is 0.871 bits per heavy atom. The molecule has 162 valence electrons. The van der Waals surface area contributed by atoms with Gasteiger partial charge in [0.1, 0.15) is 6.04 Å². The standard InChI is InChI=1S/C23H25N3O4S/c1-15(2)21(23(28)25-19-10-6-9-18(13-19)22(27)24-3)26-31(29,30)20-12-11-16-7-4-5-8-17(16)14-20/h4-15,21,26H,1-3H3,(H,24,27)(H,25,28)/t21-/m1/s1. The number of nitrogens with one attached hydrogen (secondary N) is 3. The van der Waals surface area contributed by atoms with Gasteiger partial charge in [-0.15, -0.1) is 0 Å². The van der Waals surface area contributed by atoms with E-state index in [2.05, 4.69) is 15.4 Å². The van der Waals surface area contributed by atoms with Gasteiger partial charge in [0.05, 0.1) is 4.90 Å². The zero-order valence-corrected chi connectivity index (χ0v) is 18.4. The van der Waals surface area contributed by atoms with Crippen molar-refractivity contribution in [3.63, 3.8) is 0 Å². The normalized spacial score (nSPS) is 12.5. The van der Waals surface area contributed by atoms with Crippen molar-refractivity contribution in [3.8, 4) is 0 Å². The highest BCUT2D eigenvalue weighted by atomic mass is 32.2. The van der Waals surface area contributed by atoms with Crippen LogP contribution >= 0.6 is 0 Å².